The van der Waals surface area contributed by atoms with Crippen LogP contribution in [-0.2, 0) is 0 Å². The summed E-state index contributed by atoms with van der Waals surface area (Å²) in [5.41, 5.74) is 0. The first-order valence-corrected chi connectivity index (χ1v) is 4.95. The minimum atomic E-state index is -0.724. The summed E-state index contributed by atoms with van der Waals surface area (Å²) in [5, 5.41) is 3.12. The molecule has 1 saturated carbocycles. The van der Waals surface area contributed by atoms with Gasteiger partial charge < -0.3 is 5.32 Å². The Balaban J connectivity index is 1.95. The largest absolute Gasteiger partial charge is 0.351 e. The van der Waals surface area contributed by atoms with Crippen LogP contribution in [-0.4, -0.2) is 21.0 Å². The minimum absolute atomic E-state index is 0.351. The van der Waals surface area contributed by atoms with E-state index in [2.05, 4.69) is 20.3 Å². The molecule has 0 radical (unpaired) electrons. The standard InChI is InChI=1S/C9H13FN4/c10-8-11-6-12-9(14-8)13-7-4-2-1-3-5-7/h6-7H,1-5H2,(H,11,12,13,14). The second-order valence-corrected chi connectivity index (χ2v) is 3.56. The first-order valence-electron chi connectivity index (χ1n) is 4.95. The van der Waals surface area contributed by atoms with Gasteiger partial charge >= 0.3 is 6.08 Å². The van der Waals surface area contributed by atoms with Gasteiger partial charge in [-0.05, 0) is 12.8 Å². The fourth-order valence-electron chi connectivity index (χ4n) is 1.78. The molecular weight excluding hydrogens is 183 g/mol. The third-order valence-corrected chi connectivity index (χ3v) is 2.48. The molecule has 0 unspecified atom stereocenters. The van der Waals surface area contributed by atoms with Gasteiger partial charge in [-0.15, -0.1) is 0 Å². The lowest BCUT2D eigenvalue weighted by Gasteiger charge is -2.22. The third-order valence-electron chi connectivity index (χ3n) is 2.48. The molecule has 0 amide bonds. The van der Waals surface area contributed by atoms with E-state index in [0.717, 1.165) is 12.8 Å². The summed E-state index contributed by atoms with van der Waals surface area (Å²) in [5.74, 6) is 0.351. The molecule has 0 bridgehead atoms. The molecule has 0 aliphatic heterocycles. The van der Waals surface area contributed by atoms with Crippen LogP contribution < -0.4 is 5.32 Å². The van der Waals surface area contributed by atoms with Crippen LogP contribution in [0.2, 0.25) is 0 Å². The van der Waals surface area contributed by atoms with Crippen LogP contribution in [0.15, 0.2) is 6.33 Å². The second kappa shape index (κ2) is 4.30. The van der Waals surface area contributed by atoms with E-state index in [-0.39, 0.29) is 0 Å². The van der Waals surface area contributed by atoms with Crippen molar-refractivity contribution in [3.05, 3.63) is 12.4 Å². The number of hydrogen-bond acceptors (Lipinski definition) is 4. The molecule has 1 aliphatic carbocycles. The highest BCUT2D eigenvalue weighted by Crippen LogP contribution is 2.19. The molecule has 0 aromatic carbocycles. The van der Waals surface area contributed by atoms with Gasteiger partial charge in [-0.3, -0.25) is 0 Å². The quantitative estimate of drug-likeness (QED) is 0.783. The summed E-state index contributed by atoms with van der Waals surface area (Å²) in [6, 6.07) is 0.394. The molecule has 1 fully saturated rings. The molecule has 2 rings (SSSR count). The van der Waals surface area contributed by atoms with Crippen LogP contribution in [0.5, 0.6) is 0 Å². The van der Waals surface area contributed by atoms with E-state index in [1.54, 1.807) is 0 Å². The predicted octanol–water partition coefficient (Wildman–Crippen LogP) is 1.76. The molecular formula is C9H13FN4. The molecule has 4 nitrogen and oxygen atoms in total. The number of nitrogens with one attached hydrogen (secondary N) is 1. The van der Waals surface area contributed by atoms with Crippen molar-refractivity contribution in [2.75, 3.05) is 5.32 Å². The zero-order valence-corrected chi connectivity index (χ0v) is 7.91. The Morgan fingerprint density at radius 3 is 2.71 bits per heavy atom. The van der Waals surface area contributed by atoms with Crippen LogP contribution in [0.3, 0.4) is 0 Å². The molecule has 1 aromatic heterocycles. The maximum absolute atomic E-state index is 12.6. The van der Waals surface area contributed by atoms with Gasteiger partial charge in [-0.2, -0.15) is 14.4 Å². The van der Waals surface area contributed by atoms with E-state index in [4.69, 9.17) is 0 Å². The molecule has 76 valence electrons. The van der Waals surface area contributed by atoms with Crippen LogP contribution in [0.4, 0.5) is 10.3 Å². The normalized spacial score (nSPS) is 18.1. The molecule has 1 N–H and O–H groups in total. The summed E-state index contributed by atoms with van der Waals surface area (Å²) in [4.78, 5) is 10.7. The lowest BCUT2D eigenvalue weighted by molar-refractivity contribution is 0.458. The number of anilines is 1. The number of aromatic nitrogens is 3. The Kier molecular flexibility index (Phi) is 2.86. The van der Waals surface area contributed by atoms with Crippen molar-refractivity contribution in [3.8, 4) is 0 Å². The topological polar surface area (TPSA) is 50.7 Å². The summed E-state index contributed by atoms with van der Waals surface area (Å²) in [6.45, 7) is 0. The fourth-order valence-corrected chi connectivity index (χ4v) is 1.78. The molecule has 5 heteroatoms. The monoisotopic (exact) mass is 196 g/mol. The van der Waals surface area contributed by atoms with Crippen molar-refractivity contribution in [1.29, 1.82) is 0 Å². The maximum Gasteiger partial charge on any atom is 0.313 e. The first kappa shape index (κ1) is 9.30. The van der Waals surface area contributed by atoms with Gasteiger partial charge in [0.25, 0.3) is 0 Å². The van der Waals surface area contributed by atoms with Crippen molar-refractivity contribution < 1.29 is 4.39 Å². The zero-order valence-electron chi connectivity index (χ0n) is 7.91. The van der Waals surface area contributed by atoms with Gasteiger partial charge in [0, 0.05) is 6.04 Å². The van der Waals surface area contributed by atoms with Gasteiger partial charge in [0.1, 0.15) is 6.33 Å². The van der Waals surface area contributed by atoms with Gasteiger partial charge in [0.15, 0.2) is 0 Å². The van der Waals surface area contributed by atoms with Gasteiger partial charge in [0.2, 0.25) is 5.95 Å². The lowest BCUT2D eigenvalue weighted by atomic mass is 9.96. The summed E-state index contributed by atoms with van der Waals surface area (Å²) in [6.07, 6.45) is 6.45. The minimum Gasteiger partial charge on any atom is -0.351 e. The average Bonchev–Trinajstić information content (AvgIpc) is 2.19. The van der Waals surface area contributed by atoms with E-state index >= 15 is 0 Å². The Labute approximate surface area is 82.0 Å². The lowest BCUT2D eigenvalue weighted by Crippen LogP contribution is -2.23. The van der Waals surface area contributed by atoms with Gasteiger partial charge in [-0.25, -0.2) is 4.98 Å². The highest BCUT2D eigenvalue weighted by Gasteiger charge is 2.14. The second-order valence-electron chi connectivity index (χ2n) is 3.56. The van der Waals surface area contributed by atoms with E-state index in [9.17, 15) is 4.39 Å². The molecule has 1 aromatic rings. The summed E-state index contributed by atoms with van der Waals surface area (Å²) >= 11 is 0. The molecule has 0 spiro atoms. The van der Waals surface area contributed by atoms with Crippen LogP contribution >= 0.6 is 0 Å². The number of nitrogens with zero attached hydrogens (tertiary/aromatic N) is 3. The van der Waals surface area contributed by atoms with E-state index < -0.39 is 6.08 Å². The summed E-state index contributed by atoms with van der Waals surface area (Å²) < 4.78 is 12.6. The Bertz CT molecular complexity index is 299. The van der Waals surface area contributed by atoms with E-state index in [1.807, 2.05) is 0 Å². The van der Waals surface area contributed by atoms with Crippen molar-refractivity contribution >= 4 is 5.95 Å². The van der Waals surface area contributed by atoms with E-state index in [0.29, 0.717) is 12.0 Å². The third kappa shape index (κ3) is 2.37. The SMILES string of the molecule is Fc1ncnc(NC2CCCCC2)n1. The summed E-state index contributed by atoms with van der Waals surface area (Å²) in [7, 11) is 0. The van der Waals surface area contributed by atoms with Crippen LogP contribution in [0.25, 0.3) is 0 Å². The molecule has 1 heterocycles. The zero-order chi connectivity index (χ0) is 9.80. The molecule has 1 aliphatic rings. The molecule has 14 heavy (non-hydrogen) atoms. The number of rotatable bonds is 2. The Hall–Kier alpha value is -1.26. The fraction of sp³-hybridized carbons (Fsp3) is 0.667. The smallest absolute Gasteiger partial charge is 0.313 e. The maximum atomic E-state index is 12.6. The van der Waals surface area contributed by atoms with Crippen LogP contribution in [0, 0.1) is 6.08 Å². The molecule has 0 atom stereocenters. The Morgan fingerprint density at radius 2 is 2.00 bits per heavy atom. The highest BCUT2D eigenvalue weighted by molar-refractivity contribution is 5.23. The van der Waals surface area contributed by atoms with Gasteiger partial charge in [0.05, 0.1) is 0 Å². The van der Waals surface area contributed by atoms with Gasteiger partial charge in [-0.1, -0.05) is 19.3 Å². The van der Waals surface area contributed by atoms with E-state index in [1.165, 1.54) is 25.6 Å². The number of halogens is 1. The number of hydrogen-bond donors (Lipinski definition) is 1. The van der Waals surface area contributed by atoms with Crippen molar-refractivity contribution in [2.24, 2.45) is 0 Å². The first-order chi connectivity index (χ1) is 6.84. The predicted molar refractivity (Wildman–Crippen MR) is 50.3 cm³/mol. The average molecular weight is 196 g/mol. The molecule has 0 saturated heterocycles. The Morgan fingerprint density at radius 1 is 1.21 bits per heavy atom. The van der Waals surface area contributed by atoms with Crippen molar-refractivity contribution in [1.82, 2.24) is 15.0 Å². The van der Waals surface area contributed by atoms with Crippen molar-refractivity contribution in [3.63, 3.8) is 0 Å². The highest BCUT2D eigenvalue weighted by atomic mass is 19.1. The van der Waals surface area contributed by atoms with Crippen LogP contribution in [0.1, 0.15) is 32.1 Å². The van der Waals surface area contributed by atoms with Crippen molar-refractivity contribution in [2.45, 2.75) is 38.1 Å².